The third-order valence-corrected chi connectivity index (χ3v) is 2.35. The molecule has 0 amide bonds. The van der Waals surface area contributed by atoms with Gasteiger partial charge in [-0.1, -0.05) is 28.1 Å². The van der Waals surface area contributed by atoms with Crippen molar-refractivity contribution in [3.05, 3.63) is 29.3 Å². The fourth-order valence-corrected chi connectivity index (χ4v) is 1.10. The molecule has 0 aliphatic carbocycles. The highest BCUT2D eigenvalue weighted by molar-refractivity contribution is 9.09. The summed E-state index contributed by atoms with van der Waals surface area (Å²) in [5.41, 5.74) is 2.14. The van der Waals surface area contributed by atoms with Gasteiger partial charge in [-0.25, -0.2) is 0 Å². The molecule has 3 heteroatoms. The zero-order chi connectivity index (χ0) is 9.84. The Morgan fingerprint density at radius 3 is 2.77 bits per heavy atom. The number of esters is 1. The Labute approximate surface area is 86.0 Å². The van der Waals surface area contributed by atoms with Gasteiger partial charge in [-0.05, 0) is 31.0 Å². The van der Waals surface area contributed by atoms with Crippen molar-refractivity contribution in [1.82, 2.24) is 0 Å². The van der Waals surface area contributed by atoms with E-state index in [2.05, 4.69) is 15.9 Å². The molecule has 0 saturated carbocycles. The second kappa shape index (κ2) is 4.42. The van der Waals surface area contributed by atoms with E-state index in [9.17, 15) is 4.79 Å². The van der Waals surface area contributed by atoms with Crippen molar-refractivity contribution in [3.63, 3.8) is 0 Å². The van der Waals surface area contributed by atoms with Gasteiger partial charge >= 0.3 is 5.97 Å². The Hall–Kier alpha value is -0.830. The highest BCUT2D eigenvalue weighted by Crippen LogP contribution is 2.20. The summed E-state index contributed by atoms with van der Waals surface area (Å²) in [6, 6.07) is 5.66. The van der Waals surface area contributed by atoms with E-state index in [0.717, 1.165) is 11.1 Å². The molecule has 0 aromatic heterocycles. The molecule has 13 heavy (non-hydrogen) atoms. The number of aryl methyl sites for hydroxylation is 1. The normalized spacial score (nSPS) is 9.77. The lowest BCUT2D eigenvalue weighted by Crippen LogP contribution is -2.09. The highest BCUT2D eigenvalue weighted by atomic mass is 79.9. The van der Waals surface area contributed by atoms with Crippen molar-refractivity contribution >= 4 is 21.9 Å². The molecule has 0 radical (unpaired) electrons. The van der Waals surface area contributed by atoms with Crippen LogP contribution in [0.4, 0.5) is 0 Å². The maximum atomic E-state index is 11.0. The van der Waals surface area contributed by atoms with E-state index in [1.54, 1.807) is 6.07 Å². The third-order valence-electron chi connectivity index (χ3n) is 1.89. The van der Waals surface area contributed by atoms with E-state index in [4.69, 9.17) is 4.74 Å². The molecule has 70 valence electrons. The second-order valence-electron chi connectivity index (χ2n) is 2.81. The predicted octanol–water partition coefficient (Wildman–Crippen LogP) is 2.60. The zero-order valence-electron chi connectivity index (χ0n) is 7.63. The van der Waals surface area contributed by atoms with Crippen LogP contribution in [-0.2, 0) is 4.79 Å². The third kappa shape index (κ3) is 2.56. The van der Waals surface area contributed by atoms with Gasteiger partial charge in [-0.3, -0.25) is 4.79 Å². The minimum atomic E-state index is -0.270. The van der Waals surface area contributed by atoms with Crippen LogP contribution >= 0.6 is 15.9 Å². The standard InChI is InChI=1S/C10H11BrO2/c1-7-4-3-5-9(8(7)2)13-10(12)6-11/h3-5H,6H2,1-2H3. The summed E-state index contributed by atoms with van der Waals surface area (Å²) in [4.78, 5) is 11.0. The average Bonchev–Trinajstić information content (AvgIpc) is 2.13. The van der Waals surface area contributed by atoms with Gasteiger partial charge in [0, 0.05) is 0 Å². The van der Waals surface area contributed by atoms with Crippen molar-refractivity contribution in [2.24, 2.45) is 0 Å². The molecular formula is C10H11BrO2. The number of benzene rings is 1. The molecule has 0 spiro atoms. The first-order chi connectivity index (χ1) is 6.15. The molecule has 0 bridgehead atoms. The van der Waals surface area contributed by atoms with Crippen molar-refractivity contribution in [3.8, 4) is 5.75 Å². The van der Waals surface area contributed by atoms with Gasteiger partial charge in [0.25, 0.3) is 0 Å². The number of rotatable bonds is 2. The topological polar surface area (TPSA) is 26.3 Å². The molecule has 0 aliphatic rings. The quantitative estimate of drug-likeness (QED) is 0.453. The van der Waals surface area contributed by atoms with Crippen LogP contribution in [0.5, 0.6) is 5.75 Å². The molecule has 0 fully saturated rings. The summed E-state index contributed by atoms with van der Waals surface area (Å²) in [6.45, 7) is 3.92. The fourth-order valence-electron chi connectivity index (χ4n) is 0.985. The monoisotopic (exact) mass is 242 g/mol. The van der Waals surface area contributed by atoms with Crippen LogP contribution in [0.1, 0.15) is 11.1 Å². The van der Waals surface area contributed by atoms with Gasteiger partial charge in [0.15, 0.2) is 0 Å². The minimum absolute atomic E-state index is 0.223. The number of hydrogen-bond acceptors (Lipinski definition) is 2. The lowest BCUT2D eigenvalue weighted by Gasteiger charge is -2.07. The molecule has 0 heterocycles. The van der Waals surface area contributed by atoms with Crippen molar-refractivity contribution in [2.75, 3.05) is 5.33 Å². The van der Waals surface area contributed by atoms with Crippen molar-refractivity contribution < 1.29 is 9.53 Å². The van der Waals surface area contributed by atoms with E-state index < -0.39 is 0 Å². The van der Waals surface area contributed by atoms with Crippen LogP contribution < -0.4 is 4.74 Å². The first-order valence-electron chi connectivity index (χ1n) is 3.98. The number of halogens is 1. The summed E-state index contributed by atoms with van der Waals surface area (Å²) in [6.07, 6.45) is 0. The van der Waals surface area contributed by atoms with Crippen LogP contribution in [-0.4, -0.2) is 11.3 Å². The molecule has 1 aromatic carbocycles. The van der Waals surface area contributed by atoms with Crippen LogP contribution in [0.2, 0.25) is 0 Å². The number of carbonyl (C=O) groups excluding carboxylic acids is 1. The fraction of sp³-hybridized carbons (Fsp3) is 0.300. The van der Waals surface area contributed by atoms with Crippen LogP contribution in [0.15, 0.2) is 18.2 Å². The van der Waals surface area contributed by atoms with Crippen LogP contribution in [0.3, 0.4) is 0 Å². The number of carbonyl (C=O) groups is 1. The number of ether oxygens (including phenoxy) is 1. The van der Waals surface area contributed by atoms with E-state index in [0.29, 0.717) is 5.75 Å². The number of alkyl halides is 1. The van der Waals surface area contributed by atoms with Crippen LogP contribution in [0.25, 0.3) is 0 Å². The lowest BCUT2D eigenvalue weighted by molar-refractivity contribution is -0.131. The van der Waals surface area contributed by atoms with E-state index in [1.165, 1.54) is 0 Å². The van der Waals surface area contributed by atoms with Crippen molar-refractivity contribution in [1.29, 1.82) is 0 Å². The predicted molar refractivity (Wildman–Crippen MR) is 55.3 cm³/mol. The maximum Gasteiger partial charge on any atom is 0.321 e. The Bertz CT molecular complexity index is 321. The van der Waals surface area contributed by atoms with E-state index in [-0.39, 0.29) is 11.3 Å². The summed E-state index contributed by atoms with van der Waals surface area (Å²) in [7, 11) is 0. The van der Waals surface area contributed by atoms with Gasteiger partial charge in [-0.15, -0.1) is 0 Å². The Morgan fingerprint density at radius 1 is 1.46 bits per heavy atom. The van der Waals surface area contributed by atoms with Gasteiger partial charge in [-0.2, -0.15) is 0 Å². The SMILES string of the molecule is Cc1cccc(OC(=O)CBr)c1C. The smallest absolute Gasteiger partial charge is 0.321 e. The second-order valence-corrected chi connectivity index (χ2v) is 3.37. The molecular weight excluding hydrogens is 232 g/mol. The average molecular weight is 243 g/mol. The van der Waals surface area contributed by atoms with E-state index in [1.807, 2.05) is 26.0 Å². The molecule has 1 aromatic rings. The Balaban J connectivity index is 2.89. The summed E-state index contributed by atoms with van der Waals surface area (Å²) in [5, 5.41) is 0.223. The largest absolute Gasteiger partial charge is 0.426 e. The van der Waals surface area contributed by atoms with Crippen LogP contribution in [0, 0.1) is 13.8 Å². The first-order valence-corrected chi connectivity index (χ1v) is 5.10. The molecule has 0 atom stereocenters. The Morgan fingerprint density at radius 2 is 2.15 bits per heavy atom. The maximum absolute atomic E-state index is 11.0. The lowest BCUT2D eigenvalue weighted by atomic mass is 10.1. The molecule has 2 nitrogen and oxygen atoms in total. The molecule has 0 saturated heterocycles. The summed E-state index contributed by atoms with van der Waals surface area (Å²) in [5.74, 6) is 0.373. The highest BCUT2D eigenvalue weighted by Gasteiger charge is 2.05. The minimum Gasteiger partial charge on any atom is -0.426 e. The summed E-state index contributed by atoms with van der Waals surface area (Å²) < 4.78 is 5.09. The molecule has 0 unspecified atom stereocenters. The van der Waals surface area contributed by atoms with Gasteiger partial charge in [0.05, 0.1) is 0 Å². The van der Waals surface area contributed by atoms with Crippen molar-refractivity contribution in [2.45, 2.75) is 13.8 Å². The first kappa shape index (κ1) is 10.3. The molecule has 0 N–H and O–H groups in total. The van der Waals surface area contributed by atoms with Gasteiger partial charge in [0.2, 0.25) is 0 Å². The zero-order valence-corrected chi connectivity index (χ0v) is 9.22. The Kier molecular flexibility index (Phi) is 3.48. The molecule has 1 rings (SSSR count). The number of hydrogen-bond donors (Lipinski definition) is 0. The van der Waals surface area contributed by atoms with E-state index >= 15 is 0 Å². The van der Waals surface area contributed by atoms with Gasteiger partial charge in [0.1, 0.15) is 11.1 Å². The van der Waals surface area contributed by atoms with Gasteiger partial charge < -0.3 is 4.74 Å². The molecule has 0 aliphatic heterocycles. The summed E-state index contributed by atoms with van der Waals surface area (Å²) >= 11 is 3.04.